The summed E-state index contributed by atoms with van der Waals surface area (Å²) in [4.78, 5) is 0. The summed E-state index contributed by atoms with van der Waals surface area (Å²) < 4.78 is 0.518. The van der Waals surface area contributed by atoms with Crippen molar-refractivity contribution in [1.82, 2.24) is 10.2 Å². The fraction of sp³-hybridized carbons (Fsp3) is 0.667. The Bertz CT molecular complexity index is 226. The van der Waals surface area contributed by atoms with E-state index in [1.165, 1.54) is 11.3 Å². The van der Waals surface area contributed by atoms with Gasteiger partial charge in [0.15, 0.2) is 0 Å². The predicted octanol–water partition coefficient (Wildman–Crippen LogP) is 2.49. The van der Waals surface area contributed by atoms with Gasteiger partial charge in [0.1, 0.15) is 5.01 Å². The fourth-order valence-corrected chi connectivity index (χ4v) is 1.39. The van der Waals surface area contributed by atoms with Crippen molar-refractivity contribution in [3.63, 3.8) is 0 Å². The SMILES string of the molecule is CC(C)(C)c1nnc(Cl)s1. The first-order valence-corrected chi connectivity index (χ1v) is 4.19. The molecular formula is C6H9ClN2S. The van der Waals surface area contributed by atoms with E-state index in [4.69, 9.17) is 11.6 Å². The van der Waals surface area contributed by atoms with Crippen molar-refractivity contribution in [3.8, 4) is 0 Å². The lowest BCUT2D eigenvalue weighted by Crippen LogP contribution is -2.10. The summed E-state index contributed by atoms with van der Waals surface area (Å²) in [6.07, 6.45) is 0. The third-order valence-electron chi connectivity index (χ3n) is 1.04. The van der Waals surface area contributed by atoms with E-state index >= 15 is 0 Å². The molecule has 4 heteroatoms. The van der Waals surface area contributed by atoms with Gasteiger partial charge in [-0.2, -0.15) is 0 Å². The van der Waals surface area contributed by atoms with Crippen LogP contribution in [0, 0.1) is 0 Å². The topological polar surface area (TPSA) is 25.8 Å². The van der Waals surface area contributed by atoms with Crippen LogP contribution in [-0.2, 0) is 5.41 Å². The second kappa shape index (κ2) is 2.47. The minimum atomic E-state index is 0.0742. The second-order valence-corrected chi connectivity index (χ2v) is 4.67. The Morgan fingerprint density at radius 3 is 2.10 bits per heavy atom. The van der Waals surface area contributed by atoms with Gasteiger partial charge in [-0.15, -0.1) is 10.2 Å². The maximum Gasteiger partial charge on any atom is 0.207 e. The summed E-state index contributed by atoms with van der Waals surface area (Å²) in [7, 11) is 0. The molecule has 1 aromatic rings. The Morgan fingerprint density at radius 2 is 1.90 bits per heavy atom. The summed E-state index contributed by atoms with van der Waals surface area (Å²) in [6.45, 7) is 6.26. The van der Waals surface area contributed by atoms with Crippen molar-refractivity contribution in [2.75, 3.05) is 0 Å². The van der Waals surface area contributed by atoms with Gasteiger partial charge in [-0.25, -0.2) is 0 Å². The van der Waals surface area contributed by atoms with E-state index in [2.05, 4.69) is 31.0 Å². The van der Waals surface area contributed by atoms with Gasteiger partial charge in [-0.1, -0.05) is 32.1 Å². The standard InChI is InChI=1S/C6H9ClN2S/c1-6(2,3)4-8-9-5(7)10-4/h1-3H3. The highest BCUT2D eigenvalue weighted by atomic mass is 35.5. The minimum absolute atomic E-state index is 0.0742. The molecule has 0 saturated heterocycles. The molecule has 1 rings (SSSR count). The lowest BCUT2D eigenvalue weighted by Gasteiger charge is -2.11. The zero-order chi connectivity index (χ0) is 7.78. The van der Waals surface area contributed by atoms with Crippen LogP contribution in [0.15, 0.2) is 0 Å². The van der Waals surface area contributed by atoms with E-state index in [1.807, 2.05) is 0 Å². The molecule has 0 radical (unpaired) electrons. The second-order valence-electron chi connectivity index (χ2n) is 3.11. The van der Waals surface area contributed by atoms with Crippen LogP contribution in [0.3, 0.4) is 0 Å². The average molecular weight is 177 g/mol. The largest absolute Gasteiger partial charge is 0.207 e. The Labute approximate surface area is 69.2 Å². The third-order valence-corrected chi connectivity index (χ3v) is 2.49. The van der Waals surface area contributed by atoms with Crippen molar-refractivity contribution < 1.29 is 0 Å². The summed E-state index contributed by atoms with van der Waals surface area (Å²) in [5, 5.41) is 8.62. The molecule has 0 saturated carbocycles. The van der Waals surface area contributed by atoms with Crippen LogP contribution in [-0.4, -0.2) is 10.2 Å². The Morgan fingerprint density at radius 1 is 1.30 bits per heavy atom. The molecule has 0 spiro atoms. The van der Waals surface area contributed by atoms with Gasteiger partial charge in [0.2, 0.25) is 4.47 Å². The van der Waals surface area contributed by atoms with Gasteiger partial charge in [0.05, 0.1) is 0 Å². The molecule has 1 aromatic heterocycles. The Balaban J connectivity index is 2.96. The third kappa shape index (κ3) is 1.67. The summed E-state index contributed by atoms with van der Waals surface area (Å²) in [5.41, 5.74) is 0.0742. The molecule has 0 bridgehead atoms. The molecule has 0 N–H and O–H groups in total. The number of hydrogen-bond donors (Lipinski definition) is 0. The molecule has 56 valence electrons. The zero-order valence-electron chi connectivity index (χ0n) is 6.18. The van der Waals surface area contributed by atoms with Crippen LogP contribution in [0.4, 0.5) is 0 Å². The highest BCUT2D eigenvalue weighted by Crippen LogP contribution is 2.27. The molecule has 0 atom stereocenters. The van der Waals surface area contributed by atoms with Crippen molar-refractivity contribution in [2.24, 2.45) is 0 Å². The lowest BCUT2D eigenvalue weighted by molar-refractivity contribution is 0.578. The van der Waals surface area contributed by atoms with Gasteiger partial charge < -0.3 is 0 Å². The zero-order valence-corrected chi connectivity index (χ0v) is 7.75. The Hall–Kier alpha value is -0.150. The molecule has 0 aromatic carbocycles. The number of nitrogens with zero attached hydrogens (tertiary/aromatic N) is 2. The highest BCUT2D eigenvalue weighted by Gasteiger charge is 2.18. The van der Waals surface area contributed by atoms with Gasteiger partial charge in [0, 0.05) is 5.41 Å². The van der Waals surface area contributed by atoms with Gasteiger partial charge in [0.25, 0.3) is 0 Å². The molecular weight excluding hydrogens is 168 g/mol. The van der Waals surface area contributed by atoms with Crippen molar-refractivity contribution in [2.45, 2.75) is 26.2 Å². The molecule has 0 fully saturated rings. The molecule has 0 aliphatic heterocycles. The molecule has 0 aliphatic rings. The van der Waals surface area contributed by atoms with Crippen LogP contribution >= 0.6 is 22.9 Å². The fourth-order valence-electron chi connectivity index (χ4n) is 0.508. The van der Waals surface area contributed by atoms with Crippen LogP contribution in [0.2, 0.25) is 4.47 Å². The molecule has 0 amide bonds. The monoisotopic (exact) mass is 176 g/mol. The van der Waals surface area contributed by atoms with Crippen LogP contribution < -0.4 is 0 Å². The first-order valence-electron chi connectivity index (χ1n) is 2.99. The molecule has 1 heterocycles. The molecule has 2 nitrogen and oxygen atoms in total. The summed E-state index contributed by atoms with van der Waals surface area (Å²) >= 11 is 7.05. The average Bonchev–Trinajstić information content (AvgIpc) is 2.11. The van der Waals surface area contributed by atoms with Crippen LogP contribution in [0.5, 0.6) is 0 Å². The number of halogens is 1. The maximum absolute atomic E-state index is 5.61. The highest BCUT2D eigenvalue weighted by molar-refractivity contribution is 7.15. The van der Waals surface area contributed by atoms with E-state index in [1.54, 1.807) is 0 Å². The number of aromatic nitrogens is 2. The normalized spacial score (nSPS) is 12.0. The number of hydrogen-bond acceptors (Lipinski definition) is 3. The first-order chi connectivity index (χ1) is 4.50. The smallest absolute Gasteiger partial charge is 0.142 e. The predicted molar refractivity (Wildman–Crippen MR) is 43.6 cm³/mol. The first kappa shape index (κ1) is 7.95. The van der Waals surface area contributed by atoms with Crippen molar-refractivity contribution in [3.05, 3.63) is 9.47 Å². The van der Waals surface area contributed by atoms with E-state index in [0.717, 1.165) is 5.01 Å². The van der Waals surface area contributed by atoms with Crippen LogP contribution in [0.25, 0.3) is 0 Å². The Kier molecular flexibility index (Phi) is 1.97. The van der Waals surface area contributed by atoms with Gasteiger partial charge >= 0.3 is 0 Å². The van der Waals surface area contributed by atoms with Gasteiger partial charge in [-0.05, 0) is 11.6 Å². The summed E-state index contributed by atoms with van der Waals surface area (Å²) in [6, 6.07) is 0. The van der Waals surface area contributed by atoms with E-state index in [-0.39, 0.29) is 5.41 Å². The van der Waals surface area contributed by atoms with E-state index < -0.39 is 0 Å². The minimum Gasteiger partial charge on any atom is -0.142 e. The van der Waals surface area contributed by atoms with Gasteiger partial charge in [-0.3, -0.25) is 0 Å². The van der Waals surface area contributed by atoms with Crippen molar-refractivity contribution >= 4 is 22.9 Å². The van der Waals surface area contributed by atoms with Crippen LogP contribution in [0.1, 0.15) is 25.8 Å². The summed E-state index contributed by atoms with van der Waals surface area (Å²) in [5.74, 6) is 0. The molecule has 0 unspecified atom stereocenters. The quantitative estimate of drug-likeness (QED) is 0.607. The van der Waals surface area contributed by atoms with Crippen molar-refractivity contribution in [1.29, 1.82) is 0 Å². The molecule has 0 aliphatic carbocycles. The van der Waals surface area contributed by atoms with E-state index in [9.17, 15) is 0 Å². The molecule has 10 heavy (non-hydrogen) atoms. The lowest BCUT2D eigenvalue weighted by atomic mass is 9.98. The maximum atomic E-state index is 5.61. The van der Waals surface area contributed by atoms with E-state index in [0.29, 0.717) is 4.47 Å². The number of rotatable bonds is 0.